The van der Waals surface area contributed by atoms with E-state index in [1.807, 2.05) is 30.3 Å². The summed E-state index contributed by atoms with van der Waals surface area (Å²) in [5.41, 5.74) is 1.87. The van der Waals surface area contributed by atoms with Gasteiger partial charge in [0.05, 0.1) is 12.2 Å². The topological polar surface area (TPSA) is 67.2 Å². The van der Waals surface area contributed by atoms with Crippen LogP contribution < -0.4 is 4.90 Å². The molecule has 0 aliphatic carbocycles. The van der Waals surface area contributed by atoms with E-state index < -0.39 is 17.7 Å². The van der Waals surface area contributed by atoms with Crippen LogP contribution in [0, 0.1) is 0 Å². The Balaban J connectivity index is 1.37. The van der Waals surface area contributed by atoms with E-state index in [0.29, 0.717) is 6.67 Å². The second kappa shape index (κ2) is 8.54. The number of anilines is 1. The van der Waals surface area contributed by atoms with E-state index in [1.54, 1.807) is 4.90 Å². The summed E-state index contributed by atoms with van der Waals surface area (Å²) >= 11 is 0. The van der Waals surface area contributed by atoms with Gasteiger partial charge < -0.3 is 15.1 Å². The molecule has 32 heavy (non-hydrogen) atoms. The molecule has 0 bridgehead atoms. The molecule has 5 rings (SSSR count). The lowest BCUT2D eigenvalue weighted by Gasteiger charge is -2.47. The summed E-state index contributed by atoms with van der Waals surface area (Å²) in [5, 5.41) is 23.2. The van der Waals surface area contributed by atoms with Crippen molar-refractivity contribution < 1.29 is 15.0 Å². The number of carbonyl (C=O) groups is 1. The molecule has 6 nitrogen and oxygen atoms in total. The zero-order valence-corrected chi connectivity index (χ0v) is 18.1. The standard InChI is InChI=1S/C26H29N3O3/c30-24(31)18-28-19-29(22-10-2-1-3-11-22)26(25(28)32)13-15-27(16-14-26)17-21-9-6-8-20-7-4-5-12-23(20)21/h1-12,25,32H,13-19H2,(H,30,31). The van der Waals surface area contributed by atoms with Crippen molar-refractivity contribution in [3.05, 3.63) is 78.4 Å². The number of rotatable bonds is 5. The van der Waals surface area contributed by atoms with E-state index in [9.17, 15) is 15.0 Å². The van der Waals surface area contributed by atoms with Crippen LogP contribution >= 0.6 is 0 Å². The molecule has 3 aromatic rings. The monoisotopic (exact) mass is 431 g/mol. The highest BCUT2D eigenvalue weighted by molar-refractivity contribution is 5.85. The fraction of sp³-hybridized carbons (Fsp3) is 0.346. The van der Waals surface area contributed by atoms with Crippen molar-refractivity contribution in [1.82, 2.24) is 9.80 Å². The van der Waals surface area contributed by atoms with Gasteiger partial charge in [0.25, 0.3) is 0 Å². The molecule has 2 aliphatic heterocycles. The maximum Gasteiger partial charge on any atom is 0.317 e. The lowest BCUT2D eigenvalue weighted by atomic mass is 9.84. The van der Waals surface area contributed by atoms with Crippen LogP contribution in [0.1, 0.15) is 18.4 Å². The number of aliphatic hydroxyl groups is 1. The molecule has 3 aromatic carbocycles. The Kier molecular flexibility index (Phi) is 5.59. The first-order valence-corrected chi connectivity index (χ1v) is 11.2. The molecular formula is C26H29N3O3. The van der Waals surface area contributed by atoms with E-state index in [2.05, 4.69) is 52.3 Å². The number of piperidine rings is 1. The molecule has 2 heterocycles. The van der Waals surface area contributed by atoms with Gasteiger partial charge >= 0.3 is 5.97 Å². The van der Waals surface area contributed by atoms with Gasteiger partial charge in [0, 0.05) is 25.3 Å². The first-order valence-electron chi connectivity index (χ1n) is 11.2. The molecule has 166 valence electrons. The Morgan fingerprint density at radius 2 is 1.62 bits per heavy atom. The van der Waals surface area contributed by atoms with Gasteiger partial charge in [0.1, 0.15) is 12.8 Å². The van der Waals surface area contributed by atoms with Gasteiger partial charge in [-0.25, -0.2) is 4.90 Å². The molecule has 0 saturated carbocycles. The number of carboxylic acids is 1. The predicted octanol–water partition coefficient (Wildman–Crippen LogP) is 3.36. The van der Waals surface area contributed by atoms with E-state index in [0.717, 1.165) is 38.2 Å². The van der Waals surface area contributed by atoms with Crippen LogP contribution in [0.2, 0.25) is 0 Å². The first kappa shape index (κ1) is 20.9. The molecule has 1 unspecified atom stereocenters. The fourth-order valence-corrected chi connectivity index (χ4v) is 5.43. The maximum absolute atomic E-state index is 11.4. The third kappa shape index (κ3) is 3.75. The molecule has 1 atom stereocenters. The molecular weight excluding hydrogens is 402 g/mol. The van der Waals surface area contributed by atoms with Crippen molar-refractivity contribution in [1.29, 1.82) is 0 Å². The molecule has 2 N–H and O–H groups in total. The predicted molar refractivity (Wildman–Crippen MR) is 125 cm³/mol. The van der Waals surface area contributed by atoms with Gasteiger partial charge in [0.2, 0.25) is 0 Å². The highest BCUT2D eigenvalue weighted by Gasteiger charge is 2.53. The van der Waals surface area contributed by atoms with Crippen LogP contribution in [-0.4, -0.2) is 64.1 Å². The highest BCUT2D eigenvalue weighted by Crippen LogP contribution is 2.42. The minimum atomic E-state index is -0.914. The van der Waals surface area contributed by atoms with Gasteiger partial charge in [-0.15, -0.1) is 0 Å². The number of likely N-dealkylation sites (tertiary alicyclic amines) is 1. The van der Waals surface area contributed by atoms with Gasteiger partial charge in [-0.3, -0.25) is 9.69 Å². The number of carboxylic acid groups (broad SMARTS) is 1. The molecule has 1 spiro atoms. The average molecular weight is 432 g/mol. The molecule has 2 saturated heterocycles. The van der Waals surface area contributed by atoms with E-state index >= 15 is 0 Å². The van der Waals surface area contributed by atoms with Crippen molar-refractivity contribution >= 4 is 22.4 Å². The van der Waals surface area contributed by atoms with Crippen LogP contribution in [0.5, 0.6) is 0 Å². The van der Waals surface area contributed by atoms with Gasteiger partial charge in [-0.1, -0.05) is 60.7 Å². The normalized spacial score (nSPS) is 21.4. The Morgan fingerprint density at radius 3 is 2.38 bits per heavy atom. The summed E-state index contributed by atoms with van der Waals surface area (Å²) in [6.07, 6.45) is 0.756. The van der Waals surface area contributed by atoms with Crippen LogP contribution in [0.25, 0.3) is 10.8 Å². The summed E-state index contributed by atoms with van der Waals surface area (Å²) < 4.78 is 0. The Labute approximate surface area is 188 Å². The van der Waals surface area contributed by atoms with Crippen molar-refractivity contribution in [3.8, 4) is 0 Å². The second-order valence-corrected chi connectivity index (χ2v) is 8.94. The van der Waals surface area contributed by atoms with Gasteiger partial charge in [-0.05, 0) is 41.3 Å². The lowest BCUT2D eigenvalue weighted by Crippen LogP contribution is -2.58. The van der Waals surface area contributed by atoms with Gasteiger partial charge in [0.15, 0.2) is 0 Å². The van der Waals surface area contributed by atoms with Crippen LogP contribution in [0.3, 0.4) is 0 Å². The number of para-hydroxylation sites is 1. The summed E-state index contributed by atoms with van der Waals surface area (Å²) in [6, 6.07) is 25.0. The first-order chi connectivity index (χ1) is 15.6. The Morgan fingerprint density at radius 1 is 0.938 bits per heavy atom. The second-order valence-electron chi connectivity index (χ2n) is 8.94. The van der Waals surface area contributed by atoms with Crippen LogP contribution in [0.15, 0.2) is 72.8 Å². The molecule has 0 amide bonds. The average Bonchev–Trinajstić information content (AvgIpc) is 3.07. The zero-order chi connectivity index (χ0) is 22.1. The van der Waals surface area contributed by atoms with Crippen molar-refractivity contribution in [3.63, 3.8) is 0 Å². The molecule has 6 heteroatoms. The minimum Gasteiger partial charge on any atom is -0.480 e. The zero-order valence-electron chi connectivity index (χ0n) is 18.1. The summed E-state index contributed by atoms with van der Waals surface area (Å²) in [5.74, 6) is -0.914. The Hall–Kier alpha value is -2.93. The van der Waals surface area contributed by atoms with E-state index in [4.69, 9.17) is 0 Å². The summed E-state index contributed by atoms with van der Waals surface area (Å²) in [7, 11) is 0. The maximum atomic E-state index is 11.4. The highest BCUT2D eigenvalue weighted by atomic mass is 16.4. The molecule has 2 fully saturated rings. The number of hydrogen-bond donors (Lipinski definition) is 2. The molecule has 2 aliphatic rings. The molecule has 0 aromatic heterocycles. The van der Waals surface area contributed by atoms with Crippen LogP contribution in [0.4, 0.5) is 5.69 Å². The van der Waals surface area contributed by atoms with E-state index in [1.165, 1.54) is 16.3 Å². The number of aliphatic carboxylic acids is 1. The van der Waals surface area contributed by atoms with Crippen LogP contribution in [-0.2, 0) is 11.3 Å². The van der Waals surface area contributed by atoms with E-state index in [-0.39, 0.29) is 6.54 Å². The third-order valence-electron chi connectivity index (χ3n) is 7.09. The van der Waals surface area contributed by atoms with Crippen molar-refractivity contribution in [2.45, 2.75) is 31.2 Å². The summed E-state index contributed by atoms with van der Waals surface area (Å²) in [6.45, 7) is 2.83. The lowest BCUT2D eigenvalue weighted by molar-refractivity contribution is -0.141. The number of aliphatic hydroxyl groups excluding tert-OH is 1. The van der Waals surface area contributed by atoms with Gasteiger partial charge in [-0.2, -0.15) is 0 Å². The number of benzene rings is 3. The SMILES string of the molecule is O=C(O)CN1CN(c2ccccc2)C2(CCN(Cc3cccc4ccccc34)CC2)C1O. The quantitative estimate of drug-likeness (QED) is 0.646. The number of fused-ring (bicyclic) bond motifs is 1. The fourth-order valence-electron chi connectivity index (χ4n) is 5.43. The number of hydrogen-bond acceptors (Lipinski definition) is 5. The summed E-state index contributed by atoms with van der Waals surface area (Å²) in [4.78, 5) is 17.7. The largest absolute Gasteiger partial charge is 0.480 e. The minimum absolute atomic E-state index is 0.161. The van der Waals surface area contributed by atoms with Crippen molar-refractivity contribution in [2.24, 2.45) is 0 Å². The Bertz CT molecular complexity index is 1090. The number of nitrogens with zero attached hydrogens (tertiary/aromatic N) is 3. The smallest absolute Gasteiger partial charge is 0.317 e. The van der Waals surface area contributed by atoms with Crippen molar-refractivity contribution in [2.75, 3.05) is 31.2 Å². The molecule has 0 radical (unpaired) electrons. The third-order valence-corrected chi connectivity index (χ3v) is 7.09.